The standard InChI is InChI=1S/C17H21NO2S/c1-12-9-10-15(11-13(12)2)14(3)18-16-7-5-6-8-17(16)21(4,19)20/h5-11,14,18H,1-4H3. The number of sulfone groups is 1. The molecule has 0 aliphatic heterocycles. The van der Waals surface area contributed by atoms with E-state index in [1.807, 2.05) is 13.0 Å². The van der Waals surface area contributed by atoms with Gasteiger partial charge in [-0.2, -0.15) is 0 Å². The molecule has 2 aromatic carbocycles. The number of benzene rings is 2. The molecule has 21 heavy (non-hydrogen) atoms. The second-order valence-corrected chi connectivity index (χ2v) is 7.46. The molecule has 1 atom stereocenters. The van der Waals surface area contributed by atoms with Gasteiger partial charge in [0, 0.05) is 12.3 Å². The maximum atomic E-state index is 11.8. The number of anilines is 1. The van der Waals surface area contributed by atoms with Gasteiger partial charge >= 0.3 is 0 Å². The molecule has 0 saturated carbocycles. The lowest BCUT2D eigenvalue weighted by molar-refractivity contribution is 0.602. The van der Waals surface area contributed by atoms with Crippen molar-refractivity contribution in [3.8, 4) is 0 Å². The summed E-state index contributed by atoms with van der Waals surface area (Å²) in [4.78, 5) is 0.334. The Kier molecular flexibility index (Phi) is 4.37. The minimum atomic E-state index is -3.24. The average molecular weight is 303 g/mol. The van der Waals surface area contributed by atoms with Crippen LogP contribution in [0.25, 0.3) is 0 Å². The Bertz CT molecular complexity index is 751. The van der Waals surface area contributed by atoms with Crippen molar-refractivity contribution in [3.63, 3.8) is 0 Å². The highest BCUT2D eigenvalue weighted by Gasteiger charge is 2.15. The molecule has 0 aliphatic carbocycles. The van der Waals surface area contributed by atoms with Crippen molar-refractivity contribution in [2.75, 3.05) is 11.6 Å². The van der Waals surface area contributed by atoms with Gasteiger partial charge in [-0.3, -0.25) is 0 Å². The third-order valence-corrected chi connectivity index (χ3v) is 4.84. The molecule has 1 N–H and O–H groups in total. The molecule has 0 aliphatic rings. The van der Waals surface area contributed by atoms with Gasteiger partial charge in [-0.1, -0.05) is 30.3 Å². The summed E-state index contributed by atoms with van der Waals surface area (Å²) in [5, 5.41) is 3.30. The smallest absolute Gasteiger partial charge is 0.177 e. The van der Waals surface area contributed by atoms with Crippen LogP contribution in [0.4, 0.5) is 5.69 Å². The van der Waals surface area contributed by atoms with Crippen LogP contribution >= 0.6 is 0 Å². The van der Waals surface area contributed by atoms with Crippen molar-refractivity contribution in [2.24, 2.45) is 0 Å². The van der Waals surface area contributed by atoms with Crippen LogP contribution in [-0.4, -0.2) is 14.7 Å². The van der Waals surface area contributed by atoms with Crippen LogP contribution in [-0.2, 0) is 9.84 Å². The molecule has 112 valence electrons. The number of nitrogens with one attached hydrogen (secondary N) is 1. The Labute approximate surface area is 126 Å². The summed E-state index contributed by atoms with van der Waals surface area (Å²) < 4.78 is 23.7. The summed E-state index contributed by atoms with van der Waals surface area (Å²) in [7, 11) is -3.24. The minimum absolute atomic E-state index is 0.0344. The second kappa shape index (κ2) is 5.90. The monoisotopic (exact) mass is 303 g/mol. The van der Waals surface area contributed by atoms with Gasteiger partial charge in [0.1, 0.15) is 0 Å². The third-order valence-electron chi connectivity index (χ3n) is 3.69. The zero-order valence-corrected chi connectivity index (χ0v) is 13.7. The Hall–Kier alpha value is -1.81. The Morgan fingerprint density at radius 2 is 1.67 bits per heavy atom. The van der Waals surface area contributed by atoms with Gasteiger partial charge in [0.15, 0.2) is 9.84 Å². The number of hydrogen-bond acceptors (Lipinski definition) is 3. The predicted molar refractivity (Wildman–Crippen MR) is 87.5 cm³/mol. The average Bonchev–Trinajstić information content (AvgIpc) is 2.41. The minimum Gasteiger partial charge on any atom is -0.377 e. The summed E-state index contributed by atoms with van der Waals surface area (Å²) in [5.41, 5.74) is 4.27. The van der Waals surface area contributed by atoms with E-state index in [4.69, 9.17) is 0 Å². The van der Waals surface area contributed by atoms with Crippen LogP contribution in [0.1, 0.15) is 29.7 Å². The summed E-state index contributed by atoms with van der Waals surface area (Å²) in [5.74, 6) is 0. The molecule has 0 heterocycles. The molecule has 0 bridgehead atoms. The van der Waals surface area contributed by atoms with Crippen molar-refractivity contribution < 1.29 is 8.42 Å². The maximum absolute atomic E-state index is 11.8. The van der Waals surface area contributed by atoms with Crippen LogP contribution < -0.4 is 5.32 Å². The normalized spacial score (nSPS) is 13.0. The number of rotatable bonds is 4. The van der Waals surface area contributed by atoms with E-state index < -0.39 is 9.84 Å². The van der Waals surface area contributed by atoms with Crippen molar-refractivity contribution in [1.29, 1.82) is 0 Å². The quantitative estimate of drug-likeness (QED) is 0.932. The van der Waals surface area contributed by atoms with Gasteiger partial charge in [0.05, 0.1) is 10.6 Å². The first-order valence-corrected chi connectivity index (χ1v) is 8.81. The lowest BCUT2D eigenvalue weighted by atomic mass is 10.0. The van der Waals surface area contributed by atoms with Crippen molar-refractivity contribution >= 4 is 15.5 Å². The summed E-state index contributed by atoms with van der Waals surface area (Å²) in [6.07, 6.45) is 1.23. The van der Waals surface area contributed by atoms with Gasteiger partial charge in [-0.15, -0.1) is 0 Å². The lowest BCUT2D eigenvalue weighted by Gasteiger charge is -2.18. The van der Waals surface area contributed by atoms with Gasteiger partial charge in [-0.05, 0) is 49.6 Å². The molecular formula is C17H21NO2S. The fraction of sp³-hybridized carbons (Fsp3) is 0.294. The van der Waals surface area contributed by atoms with Gasteiger partial charge < -0.3 is 5.32 Å². The van der Waals surface area contributed by atoms with Crippen LogP contribution in [0, 0.1) is 13.8 Å². The van der Waals surface area contributed by atoms with Crippen LogP contribution in [0.5, 0.6) is 0 Å². The Morgan fingerprint density at radius 3 is 2.29 bits per heavy atom. The second-order valence-electron chi connectivity index (χ2n) is 5.48. The van der Waals surface area contributed by atoms with E-state index in [1.165, 1.54) is 17.4 Å². The van der Waals surface area contributed by atoms with Crippen LogP contribution in [0.3, 0.4) is 0 Å². The van der Waals surface area contributed by atoms with Gasteiger partial charge in [-0.25, -0.2) is 8.42 Å². The first kappa shape index (κ1) is 15.6. The summed E-state index contributed by atoms with van der Waals surface area (Å²) in [6, 6.07) is 13.3. The van der Waals surface area contributed by atoms with Crippen molar-refractivity contribution in [2.45, 2.75) is 31.7 Å². The molecule has 0 saturated heterocycles. The first-order chi connectivity index (χ1) is 9.79. The molecule has 0 fully saturated rings. The molecular weight excluding hydrogens is 282 g/mol. The third kappa shape index (κ3) is 3.64. The topological polar surface area (TPSA) is 46.2 Å². The zero-order valence-electron chi connectivity index (χ0n) is 12.8. The molecule has 0 spiro atoms. The van der Waals surface area contributed by atoms with E-state index in [0.717, 1.165) is 5.56 Å². The zero-order chi connectivity index (χ0) is 15.6. The Morgan fingerprint density at radius 1 is 1.00 bits per heavy atom. The molecule has 2 rings (SSSR count). The van der Waals surface area contributed by atoms with E-state index >= 15 is 0 Å². The summed E-state index contributed by atoms with van der Waals surface area (Å²) >= 11 is 0. The molecule has 0 aromatic heterocycles. The highest BCUT2D eigenvalue weighted by atomic mass is 32.2. The number of hydrogen-bond donors (Lipinski definition) is 1. The van der Waals surface area contributed by atoms with Crippen LogP contribution in [0.2, 0.25) is 0 Å². The SMILES string of the molecule is Cc1ccc(C(C)Nc2ccccc2S(C)(=O)=O)cc1C. The van der Waals surface area contributed by atoms with Crippen LogP contribution in [0.15, 0.2) is 47.4 Å². The van der Waals surface area contributed by atoms with Crippen molar-refractivity contribution in [1.82, 2.24) is 0 Å². The van der Waals surface area contributed by atoms with Crippen molar-refractivity contribution in [3.05, 3.63) is 59.2 Å². The molecule has 0 amide bonds. The molecule has 2 aromatic rings. The lowest BCUT2D eigenvalue weighted by Crippen LogP contribution is -2.10. The number of aryl methyl sites for hydroxylation is 2. The molecule has 3 nitrogen and oxygen atoms in total. The highest BCUT2D eigenvalue weighted by Crippen LogP contribution is 2.26. The van der Waals surface area contributed by atoms with E-state index in [1.54, 1.807) is 18.2 Å². The maximum Gasteiger partial charge on any atom is 0.177 e. The largest absolute Gasteiger partial charge is 0.377 e. The molecule has 4 heteroatoms. The van der Waals surface area contributed by atoms with Gasteiger partial charge in [0.25, 0.3) is 0 Å². The summed E-state index contributed by atoms with van der Waals surface area (Å²) in [6.45, 7) is 6.19. The fourth-order valence-electron chi connectivity index (χ4n) is 2.26. The first-order valence-electron chi connectivity index (χ1n) is 6.92. The van der Waals surface area contributed by atoms with E-state index in [9.17, 15) is 8.42 Å². The number of para-hydroxylation sites is 1. The molecule has 0 radical (unpaired) electrons. The predicted octanol–water partition coefficient (Wildman–Crippen LogP) is 3.88. The fourth-order valence-corrected chi connectivity index (χ4v) is 3.11. The van der Waals surface area contributed by atoms with Gasteiger partial charge in [0.2, 0.25) is 0 Å². The Balaban J connectivity index is 2.32. The highest BCUT2D eigenvalue weighted by molar-refractivity contribution is 7.90. The molecule has 1 unspecified atom stereocenters. The van der Waals surface area contributed by atoms with E-state index in [2.05, 4.69) is 37.4 Å². The van der Waals surface area contributed by atoms with E-state index in [0.29, 0.717) is 10.6 Å². The van der Waals surface area contributed by atoms with E-state index in [-0.39, 0.29) is 6.04 Å².